The second-order valence-corrected chi connectivity index (χ2v) is 8.96. The lowest BCUT2D eigenvalue weighted by Crippen LogP contribution is -2.38. The van der Waals surface area contributed by atoms with E-state index in [1.807, 2.05) is 54.0 Å². The van der Waals surface area contributed by atoms with Gasteiger partial charge in [0.2, 0.25) is 11.9 Å². The monoisotopic (exact) mass is 481 g/mol. The summed E-state index contributed by atoms with van der Waals surface area (Å²) in [6.45, 7) is 6.97. The number of esters is 1. The molecular formula is C26H35N5O4+2. The smallest absolute Gasteiger partial charge is 0.352 e. The molecule has 1 saturated heterocycles. The highest BCUT2D eigenvalue weighted by Crippen LogP contribution is 2.29. The summed E-state index contributed by atoms with van der Waals surface area (Å²) in [5.41, 5.74) is 20.4. The summed E-state index contributed by atoms with van der Waals surface area (Å²) >= 11 is 0. The van der Waals surface area contributed by atoms with Crippen molar-refractivity contribution in [3.05, 3.63) is 59.2 Å². The van der Waals surface area contributed by atoms with Crippen LogP contribution in [0.25, 0.3) is 0 Å². The van der Waals surface area contributed by atoms with E-state index in [-0.39, 0.29) is 12.7 Å². The molecule has 2 aliphatic heterocycles. The van der Waals surface area contributed by atoms with Gasteiger partial charge >= 0.3 is 11.9 Å². The van der Waals surface area contributed by atoms with Gasteiger partial charge in [-0.25, -0.2) is 4.79 Å². The van der Waals surface area contributed by atoms with Crippen LogP contribution < -0.4 is 26.7 Å². The van der Waals surface area contributed by atoms with Gasteiger partial charge in [-0.2, -0.15) is 0 Å². The Balaban J connectivity index is 1.50. The van der Waals surface area contributed by atoms with Gasteiger partial charge in [0, 0.05) is 25.3 Å². The first kappa shape index (κ1) is 24.4. The van der Waals surface area contributed by atoms with Gasteiger partial charge in [0.05, 0.1) is 26.2 Å². The van der Waals surface area contributed by atoms with Gasteiger partial charge in [0.25, 0.3) is 0 Å². The lowest BCUT2D eigenvalue weighted by atomic mass is 10.0. The molecule has 1 unspecified atom stereocenters. The number of hydrogen-bond acceptors (Lipinski definition) is 4. The predicted molar refractivity (Wildman–Crippen MR) is 133 cm³/mol. The van der Waals surface area contributed by atoms with Gasteiger partial charge in [-0.05, 0) is 42.3 Å². The number of carbonyl (C=O) groups is 1. The van der Waals surface area contributed by atoms with Gasteiger partial charge in [-0.15, -0.1) is 0 Å². The normalized spacial score (nSPS) is 19.5. The van der Waals surface area contributed by atoms with Gasteiger partial charge in [-0.1, -0.05) is 18.2 Å². The topological polar surface area (TPSA) is 129 Å². The van der Waals surface area contributed by atoms with Crippen LogP contribution in [0, 0.1) is 0 Å². The average Bonchev–Trinajstić information content (AvgIpc) is 3.31. The standard InChI is InChI=1S/C26H33N5O4/c1-3-33-25(32)24(35-22-9-4-18-10-12-31(26(28)29)15-20(18)14-22)19-5-7-21(8-6-19)34-23-11-13-30(16-23)17(2)27/h4-9,14,23-24,27H,3,10-13,15-16H2,1-2H3,(H3,28,29)/p+2/t23-,24?/m0/s1. The Morgan fingerprint density at radius 1 is 1.03 bits per heavy atom. The first-order chi connectivity index (χ1) is 16.8. The Bertz CT molecular complexity index is 1130. The van der Waals surface area contributed by atoms with Crippen molar-refractivity contribution in [3.63, 3.8) is 0 Å². The fraction of sp³-hybridized carbons (Fsp3) is 0.423. The highest BCUT2D eigenvalue weighted by molar-refractivity contribution is 5.77. The molecule has 4 rings (SSSR count). The summed E-state index contributed by atoms with van der Waals surface area (Å²) in [5, 5.41) is 0. The lowest BCUT2D eigenvalue weighted by Gasteiger charge is -2.22. The van der Waals surface area contributed by atoms with Crippen molar-refractivity contribution in [3.8, 4) is 11.5 Å². The van der Waals surface area contributed by atoms with Crippen LogP contribution in [-0.4, -0.2) is 59.3 Å². The molecule has 9 nitrogen and oxygen atoms in total. The average molecular weight is 482 g/mol. The molecule has 0 aliphatic carbocycles. The van der Waals surface area contributed by atoms with E-state index in [4.69, 9.17) is 31.4 Å². The van der Waals surface area contributed by atoms with Crippen LogP contribution in [0.4, 0.5) is 0 Å². The maximum absolute atomic E-state index is 12.8. The molecule has 0 saturated carbocycles. The number of amidine groups is 1. The molecule has 0 aromatic heterocycles. The van der Waals surface area contributed by atoms with E-state index in [1.54, 1.807) is 6.92 Å². The number of nitrogens with zero attached hydrogens (tertiary/aromatic N) is 2. The third-order valence-corrected chi connectivity index (χ3v) is 6.44. The molecule has 6 N–H and O–H groups in total. The number of ether oxygens (including phenoxy) is 3. The molecule has 186 valence electrons. The van der Waals surface area contributed by atoms with Crippen molar-refractivity contribution >= 4 is 17.8 Å². The predicted octanol–water partition coefficient (Wildman–Crippen LogP) is 1.25. The van der Waals surface area contributed by atoms with Gasteiger partial charge in [-0.3, -0.25) is 26.4 Å². The molecule has 2 atom stereocenters. The first-order valence-electron chi connectivity index (χ1n) is 12.0. The van der Waals surface area contributed by atoms with Gasteiger partial charge < -0.3 is 14.2 Å². The van der Waals surface area contributed by atoms with E-state index < -0.39 is 12.1 Å². The Hall–Kier alpha value is -3.75. The van der Waals surface area contributed by atoms with Crippen LogP contribution in [-0.2, 0) is 22.5 Å². The van der Waals surface area contributed by atoms with Crippen molar-refractivity contribution in [2.24, 2.45) is 17.2 Å². The molecule has 2 aromatic rings. The first-order valence-corrected chi connectivity index (χ1v) is 12.0. The van der Waals surface area contributed by atoms with Crippen molar-refractivity contribution in [2.75, 3.05) is 26.2 Å². The van der Waals surface area contributed by atoms with Crippen LogP contribution >= 0.6 is 0 Å². The minimum atomic E-state index is -0.899. The third-order valence-electron chi connectivity index (χ3n) is 6.44. The zero-order chi connectivity index (χ0) is 24.9. The SMILES string of the molecule is CCOC(=O)C(Oc1ccc2c(c1)C[N+](=C(N)N)CC2)c1ccc(O[C@H]2CC[N+](=C(C)N)C2)cc1. The number of benzene rings is 2. The number of nitrogens with two attached hydrogens (primary N) is 3. The minimum absolute atomic E-state index is 0.0753. The van der Waals surface area contributed by atoms with Crippen LogP contribution in [0.5, 0.6) is 11.5 Å². The van der Waals surface area contributed by atoms with E-state index in [1.165, 1.54) is 5.56 Å². The van der Waals surface area contributed by atoms with Crippen LogP contribution in [0.15, 0.2) is 42.5 Å². The summed E-state index contributed by atoms with van der Waals surface area (Å²) in [6, 6.07) is 13.3. The number of carbonyl (C=O) groups excluding carboxylic acids is 1. The molecule has 2 heterocycles. The molecule has 2 aliphatic rings. The largest absolute Gasteiger partial charge is 0.486 e. The van der Waals surface area contributed by atoms with E-state index in [9.17, 15) is 4.79 Å². The van der Waals surface area contributed by atoms with Gasteiger partial charge in [0.1, 0.15) is 24.1 Å². The zero-order valence-electron chi connectivity index (χ0n) is 20.4. The van der Waals surface area contributed by atoms with Gasteiger partial charge in [0.15, 0.2) is 0 Å². The quantitative estimate of drug-likeness (QED) is 0.308. The molecule has 0 amide bonds. The minimum Gasteiger partial charge on any atom is -0.486 e. The number of rotatable bonds is 7. The molecular weight excluding hydrogens is 446 g/mol. The molecule has 0 bridgehead atoms. The number of hydrogen-bond donors (Lipinski definition) is 3. The Morgan fingerprint density at radius 3 is 2.43 bits per heavy atom. The van der Waals surface area contributed by atoms with Crippen molar-refractivity contribution < 1.29 is 28.2 Å². The third kappa shape index (κ3) is 5.85. The van der Waals surface area contributed by atoms with Crippen LogP contribution in [0.2, 0.25) is 0 Å². The fourth-order valence-electron chi connectivity index (χ4n) is 4.49. The molecule has 1 fully saturated rings. The van der Waals surface area contributed by atoms with Crippen molar-refractivity contribution in [1.82, 2.24) is 0 Å². The number of fused-ring (bicyclic) bond motifs is 1. The lowest BCUT2D eigenvalue weighted by molar-refractivity contribution is -0.549. The highest BCUT2D eigenvalue weighted by Gasteiger charge is 2.27. The van der Waals surface area contributed by atoms with Crippen LogP contribution in [0.1, 0.15) is 43.1 Å². The van der Waals surface area contributed by atoms with E-state index in [0.717, 1.165) is 49.6 Å². The highest BCUT2D eigenvalue weighted by atomic mass is 16.6. The van der Waals surface area contributed by atoms with E-state index in [2.05, 4.69) is 4.58 Å². The molecule has 9 heteroatoms. The molecule has 0 radical (unpaired) electrons. The van der Waals surface area contributed by atoms with Crippen molar-refractivity contribution in [1.29, 1.82) is 0 Å². The Kier molecular flexibility index (Phi) is 7.43. The summed E-state index contributed by atoms with van der Waals surface area (Å²) < 4.78 is 21.6. The second kappa shape index (κ2) is 10.7. The molecule has 2 aromatic carbocycles. The summed E-state index contributed by atoms with van der Waals surface area (Å²) in [7, 11) is 0. The maximum atomic E-state index is 12.8. The Labute approximate surface area is 205 Å². The number of guanidine groups is 1. The Morgan fingerprint density at radius 2 is 1.77 bits per heavy atom. The summed E-state index contributed by atoms with van der Waals surface area (Å²) in [4.78, 5) is 12.8. The molecule has 0 spiro atoms. The van der Waals surface area contributed by atoms with E-state index in [0.29, 0.717) is 23.8 Å². The fourth-order valence-corrected chi connectivity index (χ4v) is 4.49. The molecule has 35 heavy (non-hydrogen) atoms. The zero-order valence-corrected chi connectivity index (χ0v) is 20.4. The maximum Gasteiger partial charge on any atom is 0.352 e. The second-order valence-electron chi connectivity index (χ2n) is 8.96. The van der Waals surface area contributed by atoms with Crippen LogP contribution in [0.3, 0.4) is 0 Å². The van der Waals surface area contributed by atoms with Crippen molar-refractivity contribution in [2.45, 2.75) is 45.4 Å². The summed E-state index contributed by atoms with van der Waals surface area (Å²) in [5.74, 6) is 1.98. The summed E-state index contributed by atoms with van der Waals surface area (Å²) in [6.07, 6.45) is 0.933. The van der Waals surface area contributed by atoms with E-state index >= 15 is 0 Å².